The van der Waals surface area contributed by atoms with E-state index in [0.29, 0.717) is 12.5 Å². The van der Waals surface area contributed by atoms with Crippen LogP contribution in [0.3, 0.4) is 0 Å². The number of amides is 1. The molecule has 104 valence electrons. The first-order valence-electron chi connectivity index (χ1n) is 6.94. The third-order valence-electron chi connectivity index (χ3n) is 4.31. The molecule has 0 aromatic carbocycles. The van der Waals surface area contributed by atoms with E-state index in [1.54, 1.807) is 0 Å². The van der Waals surface area contributed by atoms with Crippen molar-refractivity contribution >= 4 is 18.3 Å². The average molecular weight is 275 g/mol. The molecule has 5 heteroatoms. The standard InChI is InChI=1S/C13H22N2O2.ClH/c16-12(10-1-2-10)15-9-11-3-4-13(17-11)5-7-14-8-6-13;/h10-11,14H,1-9H2,(H,15,16);1H. The molecule has 0 aromatic heterocycles. The van der Waals surface area contributed by atoms with E-state index in [9.17, 15) is 4.79 Å². The van der Waals surface area contributed by atoms with Crippen LogP contribution in [0.2, 0.25) is 0 Å². The maximum absolute atomic E-state index is 11.6. The van der Waals surface area contributed by atoms with Gasteiger partial charge >= 0.3 is 0 Å². The normalized spacial score (nSPS) is 29.9. The zero-order valence-electron chi connectivity index (χ0n) is 10.7. The third-order valence-corrected chi connectivity index (χ3v) is 4.31. The topological polar surface area (TPSA) is 50.4 Å². The summed E-state index contributed by atoms with van der Waals surface area (Å²) in [6.45, 7) is 2.85. The van der Waals surface area contributed by atoms with Crippen molar-refractivity contribution in [3.63, 3.8) is 0 Å². The molecule has 1 unspecified atom stereocenters. The summed E-state index contributed by atoms with van der Waals surface area (Å²) < 4.78 is 6.19. The molecule has 2 saturated heterocycles. The minimum Gasteiger partial charge on any atom is -0.370 e. The van der Waals surface area contributed by atoms with E-state index in [1.165, 1.54) is 6.42 Å². The molecule has 1 atom stereocenters. The number of hydrogen-bond acceptors (Lipinski definition) is 3. The summed E-state index contributed by atoms with van der Waals surface area (Å²) in [7, 11) is 0. The molecule has 2 heterocycles. The highest BCUT2D eigenvalue weighted by atomic mass is 35.5. The van der Waals surface area contributed by atoms with Gasteiger partial charge < -0.3 is 15.4 Å². The fourth-order valence-electron chi connectivity index (χ4n) is 2.99. The van der Waals surface area contributed by atoms with Gasteiger partial charge in [-0.15, -0.1) is 12.4 Å². The Labute approximate surface area is 115 Å². The molecular formula is C13H23ClN2O2. The largest absolute Gasteiger partial charge is 0.370 e. The van der Waals surface area contributed by atoms with Gasteiger partial charge in [0, 0.05) is 12.5 Å². The summed E-state index contributed by atoms with van der Waals surface area (Å²) >= 11 is 0. The Hall–Kier alpha value is -0.320. The van der Waals surface area contributed by atoms with Crippen LogP contribution >= 0.6 is 12.4 Å². The fourth-order valence-corrected chi connectivity index (χ4v) is 2.99. The van der Waals surface area contributed by atoms with Gasteiger partial charge in [0.1, 0.15) is 0 Å². The molecular weight excluding hydrogens is 252 g/mol. The molecule has 0 bridgehead atoms. The Morgan fingerprint density at radius 1 is 1.22 bits per heavy atom. The Morgan fingerprint density at radius 2 is 1.94 bits per heavy atom. The lowest BCUT2D eigenvalue weighted by molar-refractivity contribution is -0.123. The van der Waals surface area contributed by atoms with Crippen LogP contribution in [0.1, 0.15) is 38.5 Å². The van der Waals surface area contributed by atoms with Crippen molar-refractivity contribution in [2.75, 3.05) is 19.6 Å². The average Bonchev–Trinajstić information content (AvgIpc) is 3.13. The minimum atomic E-state index is 0. The zero-order valence-corrected chi connectivity index (χ0v) is 11.6. The number of halogens is 1. The molecule has 1 spiro atoms. The van der Waals surface area contributed by atoms with E-state index in [0.717, 1.165) is 45.2 Å². The van der Waals surface area contributed by atoms with Gasteiger partial charge in [-0.2, -0.15) is 0 Å². The summed E-state index contributed by atoms with van der Waals surface area (Å²) in [6.07, 6.45) is 6.92. The van der Waals surface area contributed by atoms with Gasteiger partial charge in [-0.25, -0.2) is 0 Å². The van der Waals surface area contributed by atoms with Crippen LogP contribution in [0, 0.1) is 5.92 Å². The third kappa shape index (κ3) is 3.16. The van der Waals surface area contributed by atoms with Crippen molar-refractivity contribution < 1.29 is 9.53 Å². The molecule has 2 N–H and O–H groups in total. The lowest BCUT2D eigenvalue weighted by atomic mass is 9.89. The van der Waals surface area contributed by atoms with Crippen molar-refractivity contribution in [1.82, 2.24) is 10.6 Å². The first-order valence-corrected chi connectivity index (χ1v) is 6.94. The molecule has 1 amide bonds. The van der Waals surface area contributed by atoms with Crippen molar-refractivity contribution in [2.45, 2.75) is 50.2 Å². The summed E-state index contributed by atoms with van der Waals surface area (Å²) in [4.78, 5) is 11.6. The van der Waals surface area contributed by atoms with Crippen LogP contribution in [0.4, 0.5) is 0 Å². The predicted octanol–water partition coefficient (Wildman–Crippen LogP) is 1.24. The van der Waals surface area contributed by atoms with E-state index >= 15 is 0 Å². The van der Waals surface area contributed by atoms with E-state index in [4.69, 9.17) is 4.74 Å². The second kappa shape index (κ2) is 5.76. The van der Waals surface area contributed by atoms with Crippen LogP contribution in [0.25, 0.3) is 0 Å². The maximum Gasteiger partial charge on any atom is 0.223 e. The smallest absolute Gasteiger partial charge is 0.223 e. The number of rotatable bonds is 3. The highest BCUT2D eigenvalue weighted by molar-refractivity contribution is 5.85. The second-order valence-electron chi connectivity index (χ2n) is 5.73. The number of piperidine rings is 1. The van der Waals surface area contributed by atoms with Crippen LogP contribution in [0.15, 0.2) is 0 Å². The van der Waals surface area contributed by atoms with E-state index < -0.39 is 0 Å². The Morgan fingerprint density at radius 3 is 2.61 bits per heavy atom. The number of nitrogens with one attached hydrogen (secondary N) is 2. The molecule has 0 aromatic rings. The van der Waals surface area contributed by atoms with E-state index in [1.807, 2.05) is 0 Å². The molecule has 3 aliphatic rings. The molecule has 3 fully saturated rings. The number of carbonyl (C=O) groups is 1. The van der Waals surface area contributed by atoms with Crippen molar-refractivity contribution in [1.29, 1.82) is 0 Å². The quantitative estimate of drug-likeness (QED) is 0.814. The van der Waals surface area contributed by atoms with Gasteiger partial charge in [0.2, 0.25) is 5.91 Å². The van der Waals surface area contributed by atoms with Crippen molar-refractivity contribution in [3.8, 4) is 0 Å². The highest BCUT2D eigenvalue weighted by Crippen LogP contribution is 2.37. The molecule has 1 aliphatic carbocycles. The number of carbonyl (C=O) groups excluding carboxylic acids is 1. The fraction of sp³-hybridized carbons (Fsp3) is 0.923. The van der Waals surface area contributed by atoms with Crippen LogP contribution < -0.4 is 10.6 Å². The maximum atomic E-state index is 11.6. The summed E-state index contributed by atoms with van der Waals surface area (Å²) in [5.41, 5.74) is 0.125. The van der Waals surface area contributed by atoms with Gasteiger partial charge in [-0.3, -0.25) is 4.79 Å². The molecule has 2 aliphatic heterocycles. The monoisotopic (exact) mass is 274 g/mol. The zero-order chi connectivity index (χ0) is 11.7. The minimum absolute atomic E-state index is 0. The highest BCUT2D eigenvalue weighted by Gasteiger charge is 2.41. The Bertz CT molecular complexity index is 301. The lowest BCUT2D eigenvalue weighted by Gasteiger charge is -2.33. The number of ether oxygens (including phenoxy) is 1. The molecule has 0 radical (unpaired) electrons. The van der Waals surface area contributed by atoms with Gasteiger partial charge in [-0.1, -0.05) is 0 Å². The van der Waals surface area contributed by atoms with Crippen LogP contribution in [0.5, 0.6) is 0 Å². The van der Waals surface area contributed by atoms with Gasteiger partial charge in [0.05, 0.1) is 11.7 Å². The summed E-state index contributed by atoms with van der Waals surface area (Å²) in [6, 6.07) is 0. The summed E-state index contributed by atoms with van der Waals surface area (Å²) in [5, 5.41) is 6.40. The van der Waals surface area contributed by atoms with E-state index in [-0.39, 0.29) is 30.0 Å². The van der Waals surface area contributed by atoms with Crippen molar-refractivity contribution in [2.24, 2.45) is 5.92 Å². The molecule has 4 nitrogen and oxygen atoms in total. The van der Waals surface area contributed by atoms with Crippen molar-refractivity contribution in [3.05, 3.63) is 0 Å². The van der Waals surface area contributed by atoms with Gasteiger partial charge in [-0.05, 0) is 51.6 Å². The number of hydrogen-bond donors (Lipinski definition) is 2. The van der Waals surface area contributed by atoms with E-state index in [2.05, 4.69) is 10.6 Å². The summed E-state index contributed by atoms with van der Waals surface area (Å²) in [5.74, 6) is 0.545. The molecule has 1 saturated carbocycles. The first kappa shape index (κ1) is 14.1. The molecule has 3 rings (SSSR count). The Balaban J connectivity index is 0.00000120. The Kier molecular flexibility index (Phi) is 4.51. The SMILES string of the molecule is Cl.O=C(NCC1CCC2(CCNCC2)O1)C1CC1. The second-order valence-corrected chi connectivity index (χ2v) is 5.73. The predicted molar refractivity (Wildman–Crippen MR) is 71.9 cm³/mol. The van der Waals surface area contributed by atoms with Gasteiger partial charge in [0.15, 0.2) is 0 Å². The van der Waals surface area contributed by atoms with Crippen LogP contribution in [-0.4, -0.2) is 37.2 Å². The molecule has 18 heavy (non-hydrogen) atoms. The lowest BCUT2D eigenvalue weighted by Crippen LogP contribution is -2.43. The van der Waals surface area contributed by atoms with Gasteiger partial charge in [0.25, 0.3) is 0 Å². The van der Waals surface area contributed by atoms with Crippen LogP contribution in [-0.2, 0) is 9.53 Å². The first-order chi connectivity index (χ1) is 8.27.